The van der Waals surface area contributed by atoms with Gasteiger partial charge in [0.1, 0.15) is 11.6 Å². The minimum Gasteiger partial charge on any atom is -0.449 e. The number of ether oxygens (including phenoxy) is 1. The van der Waals surface area contributed by atoms with E-state index in [2.05, 4.69) is 18.6 Å². The number of aryl methyl sites for hydroxylation is 1. The quantitative estimate of drug-likeness (QED) is 0.214. The fourth-order valence-electron chi connectivity index (χ4n) is 5.63. The van der Waals surface area contributed by atoms with Crippen molar-refractivity contribution in [2.45, 2.75) is 123 Å². The number of unbranched alkanes of at least 4 members (excludes halogenated alkanes) is 2. The van der Waals surface area contributed by atoms with Crippen molar-refractivity contribution in [1.29, 1.82) is 0 Å². The Morgan fingerprint density at radius 1 is 0.879 bits per heavy atom. The first-order chi connectivity index (χ1) is 16.0. The molecule has 1 N–H and O–H groups in total. The molecule has 2 aliphatic rings. The summed E-state index contributed by atoms with van der Waals surface area (Å²) < 4.78 is 18.5. The zero-order chi connectivity index (χ0) is 23.9. The van der Waals surface area contributed by atoms with Crippen LogP contribution in [0.4, 0.5) is 9.18 Å². The molecular weight excluding hydrogens is 415 g/mol. The summed E-state index contributed by atoms with van der Waals surface area (Å²) in [7, 11) is 0. The third kappa shape index (κ3) is 11.4. The fraction of sp³-hybridized carbons (Fsp3) is 0.759. The van der Waals surface area contributed by atoms with E-state index in [1.807, 2.05) is 0 Å². The van der Waals surface area contributed by atoms with Crippen molar-refractivity contribution in [2.75, 3.05) is 0 Å². The Kier molecular flexibility index (Phi) is 13.5. The second-order valence-corrected chi connectivity index (χ2v) is 10.3. The lowest BCUT2D eigenvalue weighted by Gasteiger charge is -2.28. The number of carbonyl (C=O) groups is 1. The van der Waals surface area contributed by atoms with E-state index in [0.717, 1.165) is 24.3 Å². The maximum atomic E-state index is 14.0. The number of hydrogen-bond acceptors (Lipinski definition) is 2. The van der Waals surface area contributed by atoms with Crippen LogP contribution in [0, 0.1) is 23.6 Å². The highest BCUT2D eigenvalue weighted by molar-refractivity contribution is 5.61. The summed E-state index contributed by atoms with van der Waals surface area (Å²) in [6.07, 6.45) is 21.3. The highest BCUT2D eigenvalue weighted by Gasteiger charge is 2.21. The van der Waals surface area contributed by atoms with Crippen LogP contribution in [0.15, 0.2) is 18.2 Å². The molecule has 2 fully saturated rings. The number of hydrogen-bond donors (Lipinski definition) is 1. The maximum absolute atomic E-state index is 14.0. The molecule has 0 unspecified atom stereocenters. The summed E-state index contributed by atoms with van der Waals surface area (Å²) in [6, 6.07) is 4.33. The van der Waals surface area contributed by atoms with Gasteiger partial charge in [-0.05, 0) is 42.2 Å². The average molecular weight is 463 g/mol. The van der Waals surface area contributed by atoms with Crippen LogP contribution in [0.5, 0.6) is 5.75 Å². The van der Waals surface area contributed by atoms with Gasteiger partial charge in [-0.25, -0.2) is 9.18 Å². The number of benzene rings is 1. The number of halogens is 1. The summed E-state index contributed by atoms with van der Waals surface area (Å²) >= 11 is 0. The van der Waals surface area contributed by atoms with Gasteiger partial charge in [-0.1, -0.05) is 116 Å². The predicted octanol–water partition coefficient (Wildman–Crippen LogP) is 9.57. The van der Waals surface area contributed by atoms with Crippen LogP contribution in [-0.4, -0.2) is 11.3 Å². The summed E-state index contributed by atoms with van der Waals surface area (Å²) in [6.45, 7) is 4.55. The van der Waals surface area contributed by atoms with Gasteiger partial charge in [0, 0.05) is 6.07 Å². The zero-order valence-corrected chi connectivity index (χ0v) is 21.1. The van der Waals surface area contributed by atoms with Crippen molar-refractivity contribution >= 4 is 6.16 Å². The van der Waals surface area contributed by atoms with Crippen LogP contribution in [-0.2, 0) is 6.42 Å². The monoisotopic (exact) mass is 462 g/mol. The molecule has 0 amide bonds. The van der Waals surface area contributed by atoms with E-state index in [0.29, 0.717) is 17.9 Å². The number of carboxylic acid groups (broad SMARTS) is 1. The van der Waals surface area contributed by atoms with E-state index in [1.54, 1.807) is 6.07 Å². The zero-order valence-electron chi connectivity index (χ0n) is 21.1. The lowest BCUT2D eigenvalue weighted by atomic mass is 9.78. The van der Waals surface area contributed by atoms with E-state index in [4.69, 9.17) is 5.11 Å². The first-order valence-corrected chi connectivity index (χ1v) is 13.7. The van der Waals surface area contributed by atoms with Gasteiger partial charge in [0.25, 0.3) is 0 Å². The smallest absolute Gasteiger partial charge is 0.449 e. The van der Waals surface area contributed by atoms with Gasteiger partial charge in [0.05, 0.1) is 0 Å². The molecule has 188 valence electrons. The van der Waals surface area contributed by atoms with Crippen LogP contribution >= 0.6 is 0 Å². The summed E-state index contributed by atoms with van der Waals surface area (Å²) in [5.41, 5.74) is 0.651. The Balaban J connectivity index is 0.000000357. The molecule has 0 spiro atoms. The Bertz CT molecular complexity index is 658. The van der Waals surface area contributed by atoms with E-state index in [1.165, 1.54) is 102 Å². The Hall–Kier alpha value is -1.58. The molecule has 2 aliphatic carbocycles. The van der Waals surface area contributed by atoms with Crippen molar-refractivity contribution in [3.8, 4) is 5.75 Å². The summed E-state index contributed by atoms with van der Waals surface area (Å²) in [5, 5.41) is 8.55. The largest absolute Gasteiger partial charge is 0.511 e. The Labute approximate surface area is 201 Å². The molecule has 0 aromatic heterocycles. The molecular formula is C29H47FO3. The van der Waals surface area contributed by atoms with Gasteiger partial charge in [-0.15, -0.1) is 0 Å². The molecule has 0 atom stereocenters. The molecule has 4 heteroatoms. The molecule has 0 radical (unpaired) electrons. The molecule has 3 rings (SSSR count). The fourth-order valence-corrected chi connectivity index (χ4v) is 5.63. The second kappa shape index (κ2) is 16.1. The van der Waals surface area contributed by atoms with Gasteiger partial charge in [-0.3, -0.25) is 0 Å². The molecule has 1 aromatic rings. The van der Waals surface area contributed by atoms with Crippen molar-refractivity contribution in [1.82, 2.24) is 0 Å². The van der Waals surface area contributed by atoms with E-state index in [-0.39, 0.29) is 11.6 Å². The van der Waals surface area contributed by atoms with Crippen molar-refractivity contribution in [3.63, 3.8) is 0 Å². The van der Waals surface area contributed by atoms with Gasteiger partial charge < -0.3 is 9.84 Å². The molecule has 33 heavy (non-hydrogen) atoms. The lowest BCUT2D eigenvalue weighted by molar-refractivity contribution is 0.144. The molecule has 0 aliphatic heterocycles. The first-order valence-electron chi connectivity index (χ1n) is 13.7. The van der Waals surface area contributed by atoms with Gasteiger partial charge in [-0.2, -0.15) is 0 Å². The minimum absolute atomic E-state index is 0.0383. The van der Waals surface area contributed by atoms with E-state index >= 15 is 0 Å². The maximum Gasteiger partial charge on any atom is 0.511 e. The van der Waals surface area contributed by atoms with Crippen molar-refractivity contribution in [3.05, 3.63) is 29.6 Å². The lowest BCUT2D eigenvalue weighted by Crippen LogP contribution is -2.15. The minimum atomic E-state index is -1.42. The molecule has 1 aromatic carbocycles. The third-order valence-electron chi connectivity index (χ3n) is 7.66. The van der Waals surface area contributed by atoms with Gasteiger partial charge >= 0.3 is 6.16 Å². The molecule has 0 heterocycles. The molecule has 2 saturated carbocycles. The van der Waals surface area contributed by atoms with Crippen molar-refractivity contribution < 1.29 is 19.0 Å². The van der Waals surface area contributed by atoms with Crippen LogP contribution in [0.2, 0.25) is 0 Å². The predicted molar refractivity (Wildman–Crippen MR) is 134 cm³/mol. The summed E-state index contributed by atoms with van der Waals surface area (Å²) in [5.74, 6) is 2.36. The standard InChI is InChI=1S/C20H29FO3.C9H18/c1-2-3-4-5-15-6-8-16(9-7-15)10-11-17-12-13-18(14-19(17)21)24-20(22)23;1-2-6-9-7-4-3-5-8-9/h12-16H,2-11H2,1H3,(H,22,23);9H,2-8H2,1H3. The first kappa shape index (κ1) is 27.7. The van der Waals surface area contributed by atoms with Gasteiger partial charge in [0.2, 0.25) is 0 Å². The molecule has 0 bridgehead atoms. The van der Waals surface area contributed by atoms with Gasteiger partial charge in [0.15, 0.2) is 0 Å². The van der Waals surface area contributed by atoms with Crippen LogP contribution in [0.1, 0.15) is 122 Å². The Morgan fingerprint density at radius 3 is 2.09 bits per heavy atom. The van der Waals surface area contributed by atoms with E-state index < -0.39 is 6.16 Å². The van der Waals surface area contributed by atoms with Crippen LogP contribution < -0.4 is 4.74 Å². The third-order valence-corrected chi connectivity index (χ3v) is 7.66. The van der Waals surface area contributed by atoms with Crippen LogP contribution in [0.3, 0.4) is 0 Å². The summed E-state index contributed by atoms with van der Waals surface area (Å²) in [4.78, 5) is 10.5. The highest BCUT2D eigenvalue weighted by atomic mass is 19.1. The highest BCUT2D eigenvalue weighted by Crippen LogP contribution is 2.34. The normalized spacial score (nSPS) is 21.2. The SMILES string of the molecule is CCCC1CCCCC1.CCCCCC1CCC(CCc2ccc(OC(=O)O)cc2F)CC1. The molecule has 3 nitrogen and oxygen atoms in total. The topological polar surface area (TPSA) is 46.5 Å². The second-order valence-electron chi connectivity index (χ2n) is 10.3. The van der Waals surface area contributed by atoms with Crippen molar-refractivity contribution in [2.24, 2.45) is 17.8 Å². The van der Waals surface area contributed by atoms with E-state index in [9.17, 15) is 9.18 Å². The van der Waals surface area contributed by atoms with Crippen LogP contribution in [0.25, 0.3) is 0 Å². The Morgan fingerprint density at radius 2 is 1.52 bits per heavy atom. The average Bonchev–Trinajstić information content (AvgIpc) is 2.81. The number of rotatable bonds is 10. The molecule has 0 saturated heterocycles.